The number of nitrogens with zero attached hydrogens (tertiary/aromatic N) is 1. The van der Waals surface area contributed by atoms with Crippen molar-refractivity contribution in [1.29, 1.82) is 0 Å². The molecule has 0 radical (unpaired) electrons. The summed E-state index contributed by atoms with van der Waals surface area (Å²) in [6.07, 6.45) is 0. The minimum atomic E-state index is -0.0428. The number of thiophene rings is 1. The summed E-state index contributed by atoms with van der Waals surface area (Å²) >= 11 is 1.79. The van der Waals surface area contributed by atoms with E-state index < -0.39 is 0 Å². The van der Waals surface area contributed by atoms with Crippen LogP contribution < -0.4 is 16.0 Å². The van der Waals surface area contributed by atoms with Crippen LogP contribution in [-0.4, -0.2) is 25.0 Å². The van der Waals surface area contributed by atoms with Gasteiger partial charge in [0.15, 0.2) is 5.96 Å². The fourth-order valence-electron chi connectivity index (χ4n) is 2.29. The number of amides is 1. The SMILES string of the molecule is CCNC(=O)c1ccc(CN=C(NCC)NCc2ccc(C)s2)cc1.I. The van der Waals surface area contributed by atoms with Gasteiger partial charge >= 0.3 is 0 Å². The normalized spacial score (nSPS) is 10.8. The maximum atomic E-state index is 11.8. The molecule has 0 saturated heterocycles. The second kappa shape index (κ2) is 11.9. The molecule has 1 aromatic heterocycles. The zero-order valence-corrected chi connectivity index (χ0v) is 18.6. The summed E-state index contributed by atoms with van der Waals surface area (Å²) in [5.41, 5.74) is 1.74. The Bertz CT molecular complexity index is 713. The minimum absolute atomic E-state index is 0. The molecule has 0 aliphatic heterocycles. The molecule has 142 valence electrons. The van der Waals surface area contributed by atoms with Gasteiger partial charge in [-0.2, -0.15) is 0 Å². The third kappa shape index (κ3) is 7.33. The molecule has 0 spiro atoms. The van der Waals surface area contributed by atoms with E-state index in [0.29, 0.717) is 18.7 Å². The Morgan fingerprint density at radius 1 is 1.00 bits per heavy atom. The number of rotatable bonds is 7. The van der Waals surface area contributed by atoms with Crippen molar-refractivity contribution in [3.63, 3.8) is 0 Å². The quantitative estimate of drug-likeness (QED) is 0.318. The molecule has 0 unspecified atom stereocenters. The Hall–Kier alpha value is -1.61. The zero-order valence-electron chi connectivity index (χ0n) is 15.5. The summed E-state index contributed by atoms with van der Waals surface area (Å²) in [6.45, 7) is 8.84. The van der Waals surface area contributed by atoms with E-state index in [1.807, 2.05) is 38.1 Å². The van der Waals surface area contributed by atoms with Crippen LogP contribution in [0, 0.1) is 6.92 Å². The van der Waals surface area contributed by atoms with Gasteiger partial charge in [0, 0.05) is 28.4 Å². The molecule has 0 fully saturated rings. The highest BCUT2D eigenvalue weighted by molar-refractivity contribution is 14.0. The van der Waals surface area contributed by atoms with Crippen LogP contribution in [0.1, 0.15) is 39.5 Å². The molecule has 2 aromatic rings. The average molecular weight is 486 g/mol. The summed E-state index contributed by atoms with van der Waals surface area (Å²) in [5.74, 6) is 0.750. The van der Waals surface area contributed by atoms with Crippen molar-refractivity contribution < 1.29 is 4.79 Å². The molecule has 1 amide bonds. The molecule has 1 heterocycles. The van der Waals surface area contributed by atoms with Crippen molar-refractivity contribution in [3.05, 3.63) is 57.3 Å². The Balaban J connectivity index is 0.00000338. The maximum Gasteiger partial charge on any atom is 0.251 e. The number of hydrogen-bond acceptors (Lipinski definition) is 3. The molecule has 5 nitrogen and oxygen atoms in total. The van der Waals surface area contributed by atoms with Crippen LogP contribution in [0.5, 0.6) is 0 Å². The first kappa shape index (κ1) is 22.4. The molecule has 3 N–H and O–H groups in total. The van der Waals surface area contributed by atoms with Gasteiger partial charge in [-0.25, -0.2) is 4.99 Å². The first-order valence-electron chi connectivity index (χ1n) is 8.57. The number of aryl methyl sites for hydroxylation is 1. The summed E-state index contributed by atoms with van der Waals surface area (Å²) in [6, 6.07) is 11.8. The predicted molar refractivity (Wildman–Crippen MR) is 121 cm³/mol. The number of carbonyl (C=O) groups excluding carboxylic acids is 1. The fourth-order valence-corrected chi connectivity index (χ4v) is 3.12. The Labute approximate surface area is 176 Å². The van der Waals surface area contributed by atoms with Crippen molar-refractivity contribution in [3.8, 4) is 0 Å². The van der Waals surface area contributed by atoms with Gasteiger partial charge in [0.05, 0.1) is 13.1 Å². The zero-order chi connectivity index (χ0) is 18.1. The second-order valence-electron chi connectivity index (χ2n) is 5.62. The van der Waals surface area contributed by atoms with Crippen molar-refractivity contribution in [2.75, 3.05) is 13.1 Å². The van der Waals surface area contributed by atoms with Crippen LogP contribution in [0.2, 0.25) is 0 Å². The topological polar surface area (TPSA) is 65.5 Å². The molecule has 2 rings (SSSR count). The Kier molecular flexibility index (Phi) is 10.3. The van der Waals surface area contributed by atoms with E-state index in [1.54, 1.807) is 11.3 Å². The van der Waals surface area contributed by atoms with E-state index in [1.165, 1.54) is 9.75 Å². The van der Waals surface area contributed by atoms with Gasteiger partial charge < -0.3 is 16.0 Å². The third-order valence-electron chi connectivity index (χ3n) is 3.54. The van der Waals surface area contributed by atoms with Crippen molar-refractivity contribution >= 4 is 47.2 Å². The highest BCUT2D eigenvalue weighted by Crippen LogP contribution is 2.14. The van der Waals surface area contributed by atoms with Gasteiger partial charge in [-0.1, -0.05) is 12.1 Å². The summed E-state index contributed by atoms with van der Waals surface area (Å²) in [7, 11) is 0. The standard InChI is InChI=1S/C19H26N4OS.HI/c1-4-20-18(24)16-9-7-15(8-10-16)12-22-19(21-5-2)23-13-17-11-6-14(3)25-17;/h6-11H,4-5,12-13H2,1-3H3,(H,20,24)(H2,21,22,23);1H. The highest BCUT2D eigenvalue weighted by atomic mass is 127. The second-order valence-corrected chi connectivity index (χ2v) is 6.99. The number of benzene rings is 1. The number of nitrogens with one attached hydrogen (secondary N) is 3. The summed E-state index contributed by atoms with van der Waals surface area (Å²) < 4.78 is 0. The van der Waals surface area contributed by atoms with Crippen LogP contribution >= 0.6 is 35.3 Å². The molecule has 0 saturated carbocycles. The number of guanidine groups is 1. The van der Waals surface area contributed by atoms with Gasteiger partial charge in [0.1, 0.15) is 0 Å². The molecule has 0 atom stereocenters. The maximum absolute atomic E-state index is 11.8. The van der Waals surface area contributed by atoms with E-state index in [2.05, 4.69) is 40.0 Å². The molecular weight excluding hydrogens is 459 g/mol. The fraction of sp³-hybridized carbons (Fsp3) is 0.368. The lowest BCUT2D eigenvalue weighted by molar-refractivity contribution is 0.0956. The van der Waals surface area contributed by atoms with Gasteiger partial charge in [-0.15, -0.1) is 35.3 Å². The van der Waals surface area contributed by atoms with Crippen LogP contribution in [0.25, 0.3) is 0 Å². The van der Waals surface area contributed by atoms with Gasteiger partial charge in [0.2, 0.25) is 0 Å². The van der Waals surface area contributed by atoms with Crippen molar-refractivity contribution in [1.82, 2.24) is 16.0 Å². The van der Waals surface area contributed by atoms with Gasteiger partial charge in [-0.3, -0.25) is 4.79 Å². The highest BCUT2D eigenvalue weighted by Gasteiger charge is 2.04. The lowest BCUT2D eigenvalue weighted by Gasteiger charge is -2.10. The first-order valence-corrected chi connectivity index (χ1v) is 9.38. The summed E-state index contributed by atoms with van der Waals surface area (Å²) in [4.78, 5) is 19.0. The number of hydrogen-bond donors (Lipinski definition) is 3. The van der Waals surface area contributed by atoms with E-state index in [4.69, 9.17) is 0 Å². The molecule has 7 heteroatoms. The smallest absolute Gasteiger partial charge is 0.251 e. The molecular formula is C19H27IN4OS. The van der Waals surface area contributed by atoms with Crippen molar-refractivity contribution in [2.45, 2.75) is 33.9 Å². The summed E-state index contributed by atoms with van der Waals surface area (Å²) in [5, 5.41) is 9.40. The molecule has 26 heavy (non-hydrogen) atoms. The van der Waals surface area contributed by atoms with Crippen LogP contribution in [-0.2, 0) is 13.1 Å². The van der Waals surface area contributed by atoms with Crippen LogP contribution in [0.4, 0.5) is 0 Å². The Morgan fingerprint density at radius 2 is 1.69 bits per heavy atom. The van der Waals surface area contributed by atoms with E-state index in [0.717, 1.165) is 24.6 Å². The number of halogens is 1. The number of aliphatic imine (C=N–C) groups is 1. The molecule has 0 aliphatic rings. The molecule has 0 bridgehead atoms. The number of carbonyl (C=O) groups is 1. The predicted octanol–water partition coefficient (Wildman–Crippen LogP) is 3.68. The monoisotopic (exact) mass is 486 g/mol. The first-order chi connectivity index (χ1) is 12.1. The van der Waals surface area contributed by atoms with Crippen LogP contribution in [0.3, 0.4) is 0 Å². The van der Waals surface area contributed by atoms with E-state index >= 15 is 0 Å². The molecule has 1 aromatic carbocycles. The van der Waals surface area contributed by atoms with Gasteiger partial charge in [-0.05, 0) is 50.6 Å². The lowest BCUT2D eigenvalue weighted by Crippen LogP contribution is -2.36. The third-order valence-corrected chi connectivity index (χ3v) is 4.54. The molecule has 0 aliphatic carbocycles. The lowest BCUT2D eigenvalue weighted by atomic mass is 10.1. The van der Waals surface area contributed by atoms with Crippen molar-refractivity contribution in [2.24, 2.45) is 4.99 Å². The Morgan fingerprint density at radius 3 is 2.27 bits per heavy atom. The van der Waals surface area contributed by atoms with Gasteiger partial charge in [0.25, 0.3) is 5.91 Å². The van der Waals surface area contributed by atoms with Crippen LogP contribution in [0.15, 0.2) is 41.4 Å². The van der Waals surface area contributed by atoms with E-state index in [-0.39, 0.29) is 29.9 Å². The van der Waals surface area contributed by atoms with E-state index in [9.17, 15) is 4.79 Å². The average Bonchev–Trinajstić information content (AvgIpc) is 3.03. The largest absolute Gasteiger partial charge is 0.357 e. The minimum Gasteiger partial charge on any atom is -0.357 e.